The molecule has 3 rings (SSSR count). The standard InChI is InChI=1S/C14H19N3O2/c18-14(12-4-3-9-19-12)16-11-5-6-13(15-10-11)17-7-1-2-8-17/h5-6,10,12H,1-4,7-9H2,(H,16,18)/t12-/m0/s1. The van der Waals surface area contributed by atoms with E-state index in [1.54, 1.807) is 6.20 Å². The van der Waals surface area contributed by atoms with Crippen molar-refractivity contribution in [1.29, 1.82) is 0 Å². The van der Waals surface area contributed by atoms with Crippen molar-refractivity contribution in [2.45, 2.75) is 31.8 Å². The molecule has 2 saturated heterocycles. The third kappa shape index (κ3) is 2.87. The van der Waals surface area contributed by atoms with E-state index in [-0.39, 0.29) is 12.0 Å². The van der Waals surface area contributed by atoms with Crippen molar-refractivity contribution in [3.05, 3.63) is 18.3 Å². The minimum atomic E-state index is -0.293. The number of carbonyl (C=O) groups excluding carboxylic acids is 1. The van der Waals surface area contributed by atoms with Crippen LogP contribution >= 0.6 is 0 Å². The van der Waals surface area contributed by atoms with Gasteiger partial charge in [-0.05, 0) is 37.8 Å². The number of anilines is 2. The summed E-state index contributed by atoms with van der Waals surface area (Å²) in [6.07, 6.45) is 5.67. The van der Waals surface area contributed by atoms with E-state index in [1.165, 1.54) is 12.8 Å². The van der Waals surface area contributed by atoms with Crippen LogP contribution in [0, 0.1) is 0 Å². The van der Waals surface area contributed by atoms with Gasteiger partial charge in [0.15, 0.2) is 0 Å². The molecule has 1 N–H and O–H groups in total. The summed E-state index contributed by atoms with van der Waals surface area (Å²) in [6.45, 7) is 2.84. The highest BCUT2D eigenvalue weighted by molar-refractivity contribution is 5.94. The number of nitrogens with one attached hydrogen (secondary N) is 1. The first kappa shape index (κ1) is 12.4. The van der Waals surface area contributed by atoms with Crippen molar-refractivity contribution in [2.75, 3.05) is 29.9 Å². The Labute approximate surface area is 113 Å². The largest absolute Gasteiger partial charge is 0.368 e. The zero-order valence-electron chi connectivity index (χ0n) is 11.0. The van der Waals surface area contributed by atoms with E-state index >= 15 is 0 Å². The Bertz CT molecular complexity index is 435. The summed E-state index contributed by atoms with van der Waals surface area (Å²) in [4.78, 5) is 18.6. The number of hydrogen-bond donors (Lipinski definition) is 1. The molecule has 2 aliphatic rings. The van der Waals surface area contributed by atoms with E-state index in [4.69, 9.17) is 4.74 Å². The van der Waals surface area contributed by atoms with Crippen molar-refractivity contribution in [2.24, 2.45) is 0 Å². The molecule has 2 fully saturated rings. The molecule has 0 unspecified atom stereocenters. The van der Waals surface area contributed by atoms with Crippen LogP contribution in [0.25, 0.3) is 0 Å². The molecule has 5 nitrogen and oxygen atoms in total. The Kier molecular flexibility index (Phi) is 3.64. The molecule has 1 amide bonds. The molecular weight excluding hydrogens is 242 g/mol. The Morgan fingerprint density at radius 1 is 1.32 bits per heavy atom. The number of rotatable bonds is 3. The van der Waals surface area contributed by atoms with Gasteiger partial charge in [0.25, 0.3) is 5.91 Å². The summed E-state index contributed by atoms with van der Waals surface area (Å²) in [5.74, 6) is 0.931. The van der Waals surface area contributed by atoms with Gasteiger partial charge in [0.1, 0.15) is 11.9 Å². The third-order valence-corrected chi connectivity index (χ3v) is 3.67. The highest BCUT2D eigenvalue weighted by Crippen LogP contribution is 2.20. The quantitative estimate of drug-likeness (QED) is 0.901. The van der Waals surface area contributed by atoms with E-state index < -0.39 is 0 Å². The number of hydrogen-bond acceptors (Lipinski definition) is 4. The second-order valence-electron chi connectivity index (χ2n) is 5.09. The average Bonchev–Trinajstić information content (AvgIpc) is 3.13. The average molecular weight is 261 g/mol. The summed E-state index contributed by atoms with van der Waals surface area (Å²) in [7, 11) is 0. The zero-order valence-corrected chi connectivity index (χ0v) is 11.0. The van der Waals surface area contributed by atoms with Crippen molar-refractivity contribution in [1.82, 2.24) is 4.98 Å². The lowest BCUT2D eigenvalue weighted by molar-refractivity contribution is -0.124. The van der Waals surface area contributed by atoms with Crippen molar-refractivity contribution < 1.29 is 9.53 Å². The van der Waals surface area contributed by atoms with Crippen molar-refractivity contribution in [3.63, 3.8) is 0 Å². The summed E-state index contributed by atoms with van der Waals surface area (Å²) < 4.78 is 5.35. The first-order valence-corrected chi connectivity index (χ1v) is 6.96. The van der Waals surface area contributed by atoms with E-state index in [0.29, 0.717) is 6.61 Å². The van der Waals surface area contributed by atoms with Crippen LogP contribution in [0.3, 0.4) is 0 Å². The molecule has 0 aromatic carbocycles. The van der Waals surface area contributed by atoms with Crippen LogP contribution in [0.2, 0.25) is 0 Å². The Morgan fingerprint density at radius 3 is 2.79 bits per heavy atom. The molecule has 0 saturated carbocycles. The van der Waals surface area contributed by atoms with Crippen LogP contribution in [0.5, 0.6) is 0 Å². The van der Waals surface area contributed by atoms with Gasteiger partial charge >= 0.3 is 0 Å². The van der Waals surface area contributed by atoms with Gasteiger partial charge in [0.05, 0.1) is 11.9 Å². The predicted molar refractivity (Wildman–Crippen MR) is 73.3 cm³/mol. The van der Waals surface area contributed by atoms with Crippen LogP contribution in [0.15, 0.2) is 18.3 Å². The molecular formula is C14H19N3O2. The third-order valence-electron chi connectivity index (χ3n) is 3.67. The monoisotopic (exact) mass is 261 g/mol. The molecule has 1 atom stereocenters. The number of aromatic nitrogens is 1. The van der Waals surface area contributed by atoms with E-state index in [9.17, 15) is 4.79 Å². The fourth-order valence-electron chi connectivity index (χ4n) is 2.60. The maximum absolute atomic E-state index is 11.9. The number of amides is 1. The molecule has 102 valence electrons. The normalized spacial score (nSPS) is 22.7. The molecule has 0 aliphatic carbocycles. The highest BCUT2D eigenvalue weighted by atomic mass is 16.5. The summed E-state index contributed by atoms with van der Waals surface area (Å²) in [5.41, 5.74) is 0.739. The molecule has 0 spiro atoms. The molecule has 0 radical (unpaired) electrons. The minimum Gasteiger partial charge on any atom is -0.368 e. The van der Waals surface area contributed by atoms with Gasteiger partial charge in [-0.1, -0.05) is 0 Å². The van der Waals surface area contributed by atoms with E-state index in [1.807, 2.05) is 12.1 Å². The van der Waals surface area contributed by atoms with Gasteiger partial charge < -0.3 is 15.0 Å². The van der Waals surface area contributed by atoms with Gasteiger partial charge in [-0.15, -0.1) is 0 Å². The van der Waals surface area contributed by atoms with Gasteiger partial charge in [0.2, 0.25) is 0 Å². The maximum Gasteiger partial charge on any atom is 0.253 e. The second-order valence-corrected chi connectivity index (χ2v) is 5.09. The summed E-state index contributed by atoms with van der Waals surface area (Å²) in [6, 6.07) is 3.88. The Balaban J connectivity index is 1.60. The van der Waals surface area contributed by atoms with Gasteiger partial charge in [-0.3, -0.25) is 4.79 Å². The number of ether oxygens (including phenoxy) is 1. The van der Waals surface area contributed by atoms with Gasteiger partial charge in [0, 0.05) is 19.7 Å². The smallest absolute Gasteiger partial charge is 0.253 e. The summed E-state index contributed by atoms with van der Waals surface area (Å²) >= 11 is 0. The highest BCUT2D eigenvalue weighted by Gasteiger charge is 2.23. The van der Waals surface area contributed by atoms with Gasteiger partial charge in [-0.25, -0.2) is 4.98 Å². The molecule has 0 bridgehead atoms. The molecule has 1 aromatic heterocycles. The topological polar surface area (TPSA) is 54.5 Å². The lowest BCUT2D eigenvalue weighted by Crippen LogP contribution is -2.27. The van der Waals surface area contributed by atoms with Gasteiger partial charge in [-0.2, -0.15) is 0 Å². The molecule has 5 heteroatoms. The summed E-state index contributed by atoms with van der Waals surface area (Å²) in [5, 5.41) is 2.86. The van der Waals surface area contributed by atoms with Crippen molar-refractivity contribution in [3.8, 4) is 0 Å². The number of nitrogens with zero attached hydrogens (tertiary/aromatic N) is 2. The fraction of sp³-hybridized carbons (Fsp3) is 0.571. The lowest BCUT2D eigenvalue weighted by Gasteiger charge is -2.16. The minimum absolute atomic E-state index is 0.0618. The molecule has 1 aromatic rings. The maximum atomic E-state index is 11.9. The Hall–Kier alpha value is -1.62. The predicted octanol–water partition coefficient (Wildman–Crippen LogP) is 1.80. The van der Waals surface area contributed by atoms with Crippen LogP contribution in [-0.4, -0.2) is 36.7 Å². The SMILES string of the molecule is O=C(Nc1ccc(N2CCCC2)nc1)[C@@H]1CCCO1. The number of pyridine rings is 1. The first-order valence-electron chi connectivity index (χ1n) is 6.96. The van der Waals surface area contributed by atoms with E-state index in [2.05, 4.69) is 15.2 Å². The molecule has 19 heavy (non-hydrogen) atoms. The van der Waals surface area contributed by atoms with Crippen LogP contribution < -0.4 is 10.2 Å². The van der Waals surface area contributed by atoms with Crippen LogP contribution in [0.4, 0.5) is 11.5 Å². The number of carbonyl (C=O) groups is 1. The fourth-order valence-corrected chi connectivity index (χ4v) is 2.60. The van der Waals surface area contributed by atoms with Crippen molar-refractivity contribution >= 4 is 17.4 Å². The zero-order chi connectivity index (χ0) is 13.1. The Morgan fingerprint density at radius 2 is 2.16 bits per heavy atom. The lowest BCUT2D eigenvalue weighted by atomic mass is 10.2. The second kappa shape index (κ2) is 5.57. The van der Waals surface area contributed by atoms with Crippen LogP contribution in [0.1, 0.15) is 25.7 Å². The molecule has 2 aliphatic heterocycles. The molecule has 3 heterocycles. The van der Waals surface area contributed by atoms with E-state index in [0.717, 1.165) is 37.4 Å². The first-order chi connectivity index (χ1) is 9.33. The van der Waals surface area contributed by atoms with Crippen LogP contribution in [-0.2, 0) is 9.53 Å².